The van der Waals surface area contributed by atoms with E-state index in [1.165, 1.54) is 0 Å². The number of rotatable bonds is 21. The number of nitrogens with zero attached hydrogens (tertiary/aromatic N) is 2. The van der Waals surface area contributed by atoms with E-state index in [0.29, 0.717) is 63.3 Å². The Balaban J connectivity index is 1.77. The van der Waals surface area contributed by atoms with Crippen LogP contribution in [0.5, 0.6) is 0 Å². The molecule has 12 heteroatoms. The SMILES string of the molecule is Cc1ccc(Cl)cc1N(C)C(C)N(C)C(=O)[C@H](CCCCN)NC(=O)[C@H](CCCN)NCc1ccccc1Sc1ccccc1CNC=O. The number of halogens is 1. The van der Waals surface area contributed by atoms with Crippen LogP contribution in [0.1, 0.15) is 55.7 Å². The van der Waals surface area contributed by atoms with Crippen molar-refractivity contribution in [3.05, 3.63) is 88.4 Å². The zero-order chi connectivity index (χ0) is 35.8. The maximum Gasteiger partial charge on any atom is 0.246 e. The molecule has 0 heterocycles. The van der Waals surface area contributed by atoms with E-state index in [0.717, 1.165) is 38.6 Å². The van der Waals surface area contributed by atoms with Crippen LogP contribution in [-0.2, 0) is 27.5 Å². The molecule has 0 saturated carbocycles. The first kappa shape index (κ1) is 39.8. The Morgan fingerprint density at radius 1 is 0.878 bits per heavy atom. The molecule has 266 valence electrons. The minimum Gasteiger partial charge on any atom is -0.355 e. The van der Waals surface area contributed by atoms with Crippen molar-refractivity contribution >= 4 is 47.3 Å². The van der Waals surface area contributed by atoms with Gasteiger partial charge in [0.15, 0.2) is 0 Å². The molecule has 3 atom stereocenters. The molecule has 0 aromatic heterocycles. The summed E-state index contributed by atoms with van der Waals surface area (Å²) < 4.78 is 0. The Kier molecular flexibility index (Phi) is 16.9. The van der Waals surface area contributed by atoms with Gasteiger partial charge in [0, 0.05) is 47.7 Å². The number of likely N-dealkylation sites (N-methyl/N-ethyl adjacent to an activating group) is 1. The van der Waals surface area contributed by atoms with Gasteiger partial charge in [-0.2, -0.15) is 0 Å². The number of amides is 3. The van der Waals surface area contributed by atoms with E-state index in [2.05, 4.69) is 16.0 Å². The Morgan fingerprint density at radius 3 is 2.12 bits per heavy atom. The minimum absolute atomic E-state index is 0.175. The zero-order valence-corrected chi connectivity index (χ0v) is 30.7. The Hall–Kier alpha value is -3.61. The summed E-state index contributed by atoms with van der Waals surface area (Å²) in [5, 5.41) is 9.90. The first-order valence-corrected chi connectivity index (χ1v) is 18.0. The van der Waals surface area contributed by atoms with Crippen molar-refractivity contribution in [2.45, 2.75) is 87.1 Å². The van der Waals surface area contributed by atoms with Crippen LogP contribution in [0.2, 0.25) is 5.02 Å². The van der Waals surface area contributed by atoms with Gasteiger partial charge in [0.1, 0.15) is 12.2 Å². The van der Waals surface area contributed by atoms with Crippen molar-refractivity contribution in [1.82, 2.24) is 20.9 Å². The highest BCUT2D eigenvalue weighted by Gasteiger charge is 2.30. The third-order valence-corrected chi connectivity index (χ3v) is 10.1. The van der Waals surface area contributed by atoms with Crippen LogP contribution in [0, 0.1) is 6.92 Å². The van der Waals surface area contributed by atoms with E-state index in [9.17, 15) is 14.4 Å². The second-order valence-electron chi connectivity index (χ2n) is 12.1. The fourth-order valence-corrected chi connectivity index (χ4v) is 6.77. The van der Waals surface area contributed by atoms with E-state index >= 15 is 0 Å². The standard InChI is InChI=1S/C37H52ClN7O3S/c1-26-18-19-30(38)22-33(26)44(3)27(2)45(4)37(48)32(14-9-10-20-39)43-36(47)31(15-11-21-40)42-24-29-13-6-8-17-35(29)49-34-16-7-5-12-28(34)23-41-25-46/h5-8,12-13,16-19,22,25,27,31-32,42H,9-11,14-15,20-21,23-24,39-40H2,1-4H3,(H,41,46)(H,43,47)/t27?,31-,32-/m0/s1. The number of nitrogens with two attached hydrogens (primary N) is 2. The number of unbranched alkanes of at least 4 members (excludes halogenated alkanes) is 1. The molecule has 0 fully saturated rings. The van der Waals surface area contributed by atoms with Gasteiger partial charge in [-0.05, 0) is 100.0 Å². The fraction of sp³-hybridized carbons (Fsp3) is 0.432. The number of hydrogen-bond acceptors (Lipinski definition) is 8. The molecular weight excluding hydrogens is 658 g/mol. The molecular formula is C37H52ClN7O3S. The normalized spacial score (nSPS) is 12.9. The first-order chi connectivity index (χ1) is 23.6. The van der Waals surface area contributed by atoms with Crippen LogP contribution in [-0.4, -0.2) is 68.6 Å². The molecule has 0 radical (unpaired) electrons. The van der Waals surface area contributed by atoms with Gasteiger partial charge in [-0.1, -0.05) is 65.8 Å². The molecule has 3 rings (SSSR count). The lowest BCUT2D eigenvalue weighted by atomic mass is 10.0. The highest BCUT2D eigenvalue weighted by atomic mass is 35.5. The lowest BCUT2D eigenvalue weighted by molar-refractivity contribution is -0.137. The van der Waals surface area contributed by atoms with E-state index < -0.39 is 12.1 Å². The van der Waals surface area contributed by atoms with Crippen molar-refractivity contribution in [1.29, 1.82) is 0 Å². The summed E-state index contributed by atoms with van der Waals surface area (Å²) in [7, 11) is 3.69. The van der Waals surface area contributed by atoms with Crippen LogP contribution >= 0.6 is 23.4 Å². The summed E-state index contributed by atoms with van der Waals surface area (Å²) in [4.78, 5) is 44.6. The molecule has 49 heavy (non-hydrogen) atoms. The maximum atomic E-state index is 14.0. The zero-order valence-electron chi connectivity index (χ0n) is 29.1. The van der Waals surface area contributed by atoms with E-state index in [-0.39, 0.29) is 18.0 Å². The van der Waals surface area contributed by atoms with Gasteiger partial charge < -0.3 is 37.2 Å². The molecule has 0 aliphatic heterocycles. The molecule has 3 aromatic rings. The number of aryl methyl sites for hydroxylation is 1. The lowest BCUT2D eigenvalue weighted by Gasteiger charge is -2.37. The van der Waals surface area contributed by atoms with E-state index in [1.807, 2.05) is 92.5 Å². The molecule has 0 spiro atoms. The number of anilines is 1. The molecule has 0 aliphatic carbocycles. The van der Waals surface area contributed by atoms with E-state index in [1.54, 1.807) is 23.7 Å². The summed E-state index contributed by atoms with van der Waals surface area (Å²) in [6, 6.07) is 20.4. The predicted molar refractivity (Wildman–Crippen MR) is 200 cm³/mol. The monoisotopic (exact) mass is 709 g/mol. The minimum atomic E-state index is -0.721. The molecule has 1 unspecified atom stereocenters. The van der Waals surface area contributed by atoms with Crippen molar-refractivity contribution < 1.29 is 14.4 Å². The predicted octanol–water partition coefficient (Wildman–Crippen LogP) is 4.80. The van der Waals surface area contributed by atoms with Crippen molar-refractivity contribution in [2.24, 2.45) is 11.5 Å². The van der Waals surface area contributed by atoms with Gasteiger partial charge in [0.25, 0.3) is 0 Å². The van der Waals surface area contributed by atoms with Crippen LogP contribution in [0.4, 0.5) is 5.69 Å². The molecule has 0 bridgehead atoms. The van der Waals surface area contributed by atoms with Gasteiger partial charge in [0.05, 0.1) is 6.04 Å². The van der Waals surface area contributed by atoms with Crippen molar-refractivity contribution in [2.75, 3.05) is 32.1 Å². The van der Waals surface area contributed by atoms with Crippen LogP contribution in [0.25, 0.3) is 0 Å². The summed E-state index contributed by atoms with van der Waals surface area (Å²) in [6.07, 6.45) is 3.47. The van der Waals surface area contributed by atoms with Gasteiger partial charge in [-0.15, -0.1) is 0 Å². The van der Waals surface area contributed by atoms with Crippen molar-refractivity contribution in [3.8, 4) is 0 Å². The molecule has 3 aromatic carbocycles. The summed E-state index contributed by atoms with van der Waals surface area (Å²) in [6.45, 7) is 5.78. The van der Waals surface area contributed by atoms with Crippen LogP contribution in [0.3, 0.4) is 0 Å². The highest BCUT2D eigenvalue weighted by molar-refractivity contribution is 7.99. The fourth-order valence-electron chi connectivity index (χ4n) is 5.53. The Bertz CT molecular complexity index is 1510. The average Bonchev–Trinajstić information content (AvgIpc) is 3.11. The number of carbonyl (C=O) groups is 3. The maximum absolute atomic E-state index is 14.0. The highest BCUT2D eigenvalue weighted by Crippen LogP contribution is 2.33. The molecule has 3 amide bonds. The summed E-state index contributed by atoms with van der Waals surface area (Å²) >= 11 is 7.91. The van der Waals surface area contributed by atoms with Crippen molar-refractivity contribution in [3.63, 3.8) is 0 Å². The van der Waals surface area contributed by atoms with Gasteiger partial charge in [0.2, 0.25) is 18.2 Å². The second kappa shape index (κ2) is 20.8. The quantitative estimate of drug-likeness (QED) is 0.0603. The topological polar surface area (TPSA) is 146 Å². The van der Waals surface area contributed by atoms with E-state index in [4.69, 9.17) is 23.1 Å². The lowest BCUT2D eigenvalue weighted by Crippen LogP contribution is -2.56. The second-order valence-corrected chi connectivity index (χ2v) is 13.7. The number of carbonyl (C=O) groups excluding carboxylic acids is 3. The molecule has 0 saturated heterocycles. The number of hydrogen-bond donors (Lipinski definition) is 5. The van der Waals surface area contributed by atoms with Crippen LogP contribution in [0.15, 0.2) is 76.5 Å². The molecule has 7 N–H and O–H groups in total. The first-order valence-electron chi connectivity index (χ1n) is 16.8. The van der Waals surface area contributed by atoms with Gasteiger partial charge in [-0.25, -0.2) is 0 Å². The Morgan fingerprint density at radius 2 is 1.49 bits per heavy atom. The molecule has 10 nitrogen and oxygen atoms in total. The largest absolute Gasteiger partial charge is 0.355 e. The smallest absolute Gasteiger partial charge is 0.246 e. The van der Waals surface area contributed by atoms with Gasteiger partial charge >= 0.3 is 0 Å². The third kappa shape index (κ3) is 12.0. The summed E-state index contributed by atoms with van der Waals surface area (Å²) in [5.41, 5.74) is 15.7. The summed E-state index contributed by atoms with van der Waals surface area (Å²) in [5.74, 6) is -0.415. The molecule has 0 aliphatic rings. The number of benzene rings is 3. The third-order valence-electron chi connectivity index (χ3n) is 8.67. The number of nitrogens with one attached hydrogen (secondary N) is 3. The van der Waals surface area contributed by atoms with Crippen LogP contribution < -0.4 is 32.3 Å². The van der Waals surface area contributed by atoms with Gasteiger partial charge in [-0.3, -0.25) is 14.4 Å². The average molecular weight is 710 g/mol. The Labute approximate surface area is 300 Å².